The lowest BCUT2D eigenvalue weighted by atomic mass is 9.76. The van der Waals surface area contributed by atoms with Crippen molar-refractivity contribution in [1.29, 1.82) is 0 Å². The van der Waals surface area contributed by atoms with Crippen LogP contribution in [0.15, 0.2) is 16.5 Å². The maximum atomic E-state index is 13.4. The van der Waals surface area contributed by atoms with Gasteiger partial charge in [-0.25, -0.2) is 9.37 Å². The predicted molar refractivity (Wildman–Crippen MR) is 73.0 cm³/mol. The van der Waals surface area contributed by atoms with E-state index in [1.807, 2.05) is 0 Å². The lowest BCUT2D eigenvalue weighted by molar-refractivity contribution is 0.269. The first-order valence-electron chi connectivity index (χ1n) is 6.50. The van der Waals surface area contributed by atoms with Crippen molar-refractivity contribution in [1.82, 2.24) is 10.3 Å². The zero-order chi connectivity index (χ0) is 13.6. The minimum atomic E-state index is -0.388. The van der Waals surface area contributed by atoms with Crippen LogP contribution in [0.3, 0.4) is 0 Å². The molecule has 2 aromatic rings. The van der Waals surface area contributed by atoms with Crippen molar-refractivity contribution < 1.29 is 8.81 Å². The van der Waals surface area contributed by atoms with Gasteiger partial charge in [0.05, 0.1) is 10.4 Å². The van der Waals surface area contributed by atoms with Crippen molar-refractivity contribution in [2.24, 2.45) is 5.92 Å². The van der Waals surface area contributed by atoms with Crippen molar-refractivity contribution >= 4 is 22.7 Å². The maximum Gasteiger partial charge on any atom is 0.203 e. The van der Waals surface area contributed by atoms with Crippen LogP contribution in [0.25, 0.3) is 11.1 Å². The first kappa shape index (κ1) is 12.9. The fourth-order valence-corrected chi connectivity index (χ4v) is 3.05. The summed E-state index contributed by atoms with van der Waals surface area (Å²) in [6.45, 7) is 6.09. The number of benzene rings is 1. The molecular weight excluding hydrogens is 267 g/mol. The third-order valence-corrected chi connectivity index (χ3v) is 4.41. The quantitative estimate of drug-likeness (QED) is 0.916. The normalized spacial score (nSPS) is 23.6. The predicted octanol–water partition coefficient (Wildman–Crippen LogP) is 3.51. The first-order valence-corrected chi connectivity index (χ1v) is 6.87. The number of hydrogen-bond donors (Lipinski definition) is 1. The average molecular weight is 283 g/mol. The van der Waals surface area contributed by atoms with Crippen LogP contribution in [-0.2, 0) is 5.41 Å². The minimum Gasteiger partial charge on any atom is -0.438 e. The Kier molecular flexibility index (Phi) is 3.02. The van der Waals surface area contributed by atoms with Gasteiger partial charge in [-0.2, -0.15) is 0 Å². The second kappa shape index (κ2) is 4.46. The molecule has 1 fully saturated rings. The molecule has 19 heavy (non-hydrogen) atoms. The van der Waals surface area contributed by atoms with Crippen LogP contribution in [-0.4, -0.2) is 18.1 Å². The largest absolute Gasteiger partial charge is 0.438 e. The highest BCUT2D eigenvalue weighted by atomic mass is 35.5. The summed E-state index contributed by atoms with van der Waals surface area (Å²) in [5, 5.41) is 3.63. The fraction of sp³-hybridized carbons (Fsp3) is 0.500. The van der Waals surface area contributed by atoms with Gasteiger partial charge >= 0.3 is 0 Å². The summed E-state index contributed by atoms with van der Waals surface area (Å²) in [6, 6.07) is 2.62. The van der Waals surface area contributed by atoms with E-state index in [2.05, 4.69) is 24.1 Å². The summed E-state index contributed by atoms with van der Waals surface area (Å²) in [4.78, 5) is 4.48. The van der Waals surface area contributed by atoms with Gasteiger partial charge in [-0.05, 0) is 24.9 Å². The van der Waals surface area contributed by atoms with E-state index in [9.17, 15) is 4.39 Å². The van der Waals surface area contributed by atoms with Gasteiger partial charge in [0, 0.05) is 12.6 Å². The summed E-state index contributed by atoms with van der Waals surface area (Å²) in [7, 11) is 0. The Bertz CT molecular complexity index is 617. The van der Waals surface area contributed by atoms with Gasteiger partial charge in [0.15, 0.2) is 5.58 Å². The monoisotopic (exact) mass is 282 g/mol. The Balaban J connectivity index is 2.17. The summed E-state index contributed by atoms with van der Waals surface area (Å²) in [5.41, 5.74) is 0.843. The van der Waals surface area contributed by atoms with E-state index < -0.39 is 0 Å². The van der Waals surface area contributed by atoms with Gasteiger partial charge in [-0.15, -0.1) is 0 Å². The molecule has 1 aliphatic rings. The second-order valence-electron chi connectivity index (χ2n) is 5.49. The van der Waals surface area contributed by atoms with Crippen LogP contribution in [0, 0.1) is 11.7 Å². The number of rotatable bonds is 2. The number of hydrogen-bond acceptors (Lipinski definition) is 3. The van der Waals surface area contributed by atoms with Crippen LogP contribution in [0.2, 0.25) is 5.02 Å². The van der Waals surface area contributed by atoms with Crippen molar-refractivity contribution in [3.63, 3.8) is 0 Å². The highest BCUT2D eigenvalue weighted by Gasteiger charge is 2.43. The van der Waals surface area contributed by atoms with E-state index >= 15 is 0 Å². The molecule has 1 atom stereocenters. The highest BCUT2D eigenvalue weighted by molar-refractivity contribution is 6.34. The number of nitrogens with zero attached hydrogens (tertiary/aromatic N) is 1. The number of halogens is 2. The highest BCUT2D eigenvalue weighted by Crippen LogP contribution is 2.39. The lowest BCUT2D eigenvalue weighted by Gasteiger charge is -2.28. The Labute approximate surface area is 116 Å². The molecule has 0 spiro atoms. The van der Waals surface area contributed by atoms with E-state index in [1.54, 1.807) is 0 Å². The summed E-state index contributed by atoms with van der Waals surface area (Å²) < 4.78 is 19.2. The molecule has 0 saturated carbocycles. The van der Waals surface area contributed by atoms with Crippen LogP contribution >= 0.6 is 11.6 Å². The first-order chi connectivity index (χ1) is 9.03. The van der Waals surface area contributed by atoms with E-state index in [-0.39, 0.29) is 16.3 Å². The molecule has 102 valence electrons. The summed E-state index contributed by atoms with van der Waals surface area (Å²) in [6.07, 6.45) is 0.970. The minimum absolute atomic E-state index is 0.126. The molecule has 3 rings (SSSR count). The topological polar surface area (TPSA) is 38.1 Å². The van der Waals surface area contributed by atoms with Crippen molar-refractivity contribution in [3.05, 3.63) is 28.9 Å². The SMILES string of the molecule is CC(C)C1(c2nc3cc(F)cc(Cl)c3o2)CCNC1. The molecule has 0 radical (unpaired) electrons. The Morgan fingerprint density at radius 3 is 2.89 bits per heavy atom. The van der Waals surface area contributed by atoms with Crippen LogP contribution in [0.4, 0.5) is 4.39 Å². The smallest absolute Gasteiger partial charge is 0.203 e. The molecular formula is C14H16ClFN2O. The Morgan fingerprint density at radius 2 is 2.26 bits per heavy atom. The van der Waals surface area contributed by atoms with Crippen molar-refractivity contribution in [3.8, 4) is 0 Å². The maximum absolute atomic E-state index is 13.4. The van der Waals surface area contributed by atoms with Gasteiger partial charge in [-0.3, -0.25) is 0 Å². The van der Waals surface area contributed by atoms with Crippen molar-refractivity contribution in [2.75, 3.05) is 13.1 Å². The molecule has 3 nitrogen and oxygen atoms in total. The number of nitrogens with one attached hydrogen (secondary N) is 1. The standard InChI is InChI=1S/C14H16ClFN2O/c1-8(2)14(3-4-17-7-14)13-18-11-6-9(16)5-10(15)12(11)19-13/h5-6,8,17H,3-4,7H2,1-2H3. The number of oxazole rings is 1. The number of aromatic nitrogens is 1. The average Bonchev–Trinajstić information content (AvgIpc) is 2.93. The fourth-order valence-electron chi connectivity index (χ4n) is 2.81. The van der Waals surface area contributed by atoms with E-state index in [4.69, 9.17) is 16.0 Å². The molecule has 5 heteroatoms. The molecule has 1 saturated heterocycles. The van der Waals surface area contributed by atoms with Gasteiger partial charge in [0.2, 0.25) is 5.89 Å². The van der Waals surface area contributed by atoms with Gasteiger partial charge < -0.3 is 9.73 Å². The molecule has 1 aliphatic heterocycles. The Morgan fingerprint density at radius 1 is 1.47 bits per heavy atom. The van der Waals surface area contributed by atoms with Gasteiger partial charge in [0.1, 0.15) is 11.3 Å². The lowest BCUT2D eigenvalue weighted by Crippen LogP contribution is -2.35. The van der Waals surface area contributed by atoms with Gasteiger partial charge in [-0.1, -0.05) is 25.4 Å². The molecule has 1 aromatic carbocycles. The van der Waals surface area contributed by atoms with Crippen LogP contribution in [0.5, 0.6) is 0 Å². The molecule has 1 aromatic heterocycles. The molecule has 2 heterocycles. The molecule has 0 bridgehead atoms. The van der Waals surface area contributed by atoms with E-state index in [0.29, 0.717) is 22.9 Å². The summed E-state index contributed by atoms with van der Waals surface area (Å²) >= 11 is 6.02. The second-order valence-corrected chi connectivity index (χ2v) is 5.90. The molecule has 0 aliphatic carbocycles. The Hall–Kier alpha value is -1.13. The third kappa shape index (κ3) is 1.94. The summed E-state index contributed by atoms with van der Waals surface area (Å²) in [5.74, 6) is 0.662. The van der Waals surface area contributed by atoms with Gasteiger partial charge in [0.25, 0.3) is 0 Å². The van der Waals surface area contributed by atoms with Crippen LogP contribution in [0.1, 0.15) is 26.2 Å². The van der Waals surface area contributed by atoms with E-state index in [1.165, 1.54) is 12.1 Å². The zero-order valence-electron chi connectivity index (χ0n) is 11.0. The molecule has 0 amide bonds. The van der Waals surface area contributed by atoms with E-state index in [0.717, 1.165) is 19.5 Å². The van der Waals surface area contributed by atoms with Crippen molar-refractivity contribution in [2.45, 2.75) is 25.7 Å². The zero-order valence-corrected chi connectivity index (χ0v) is 11.7. The van der Waals surface area contributed by atoms with Crippen LogP contribution < -0.4 is 5.32 Å². The molecule has 1 unspecified atom stereocenters. The number of fused-ring (bicyclic) bond motifs is 1. The molecule has 1 N–H and O–H groups in total. The third-order valence-electron chi connectivity index (χ3n) is 4.13.